The molecule has 6 nitrogen and oxygen atoms in total. The van der Waals surface area contributed by atoms with Crippen molar-refractivity contribution >= 4 is 5.97 Å². The van der Waals surface area contributed by atoms with Crippen LogP contribution in [0.5, 0.6) is 5.75 Å². The summed E-state index contributed by atoms with van der Waals surface area (Å²) >= 11 is 0. The molecular weight excluding hydrogens is 234 g/mol. The van der Waals surface area contributed by atoms with E-state index in [1.54, 1.807) is 18.2 Å². The Morgan fingerprint density at radius 3 is 2.89 bits per heavy atom. The predicted molar refractivity (Wildman–Crippen MR) is 65.2 cm³/mol. The molecule has 0 saturated carbocycles. The van der Waals surface area contributed by atoms with Crippen molar-refractivity contribution in [2.45, 2.75) is 0 Å². The van der Waals surface area contributed by atoms with E-state index in [0.29, 0.717) is 16.9 Å². The highest BCUT2D eigenvalue weighted by Crippen LogP contribution is 2.20. The number of esters is 1. The van der Waals surface area contributed by atoms with Gasteiger partial charge >= 0.3 is 5.97 Å². The minimum absolute atomic E-state index is 0.0948. The quantitative estimate of drug-likeness (QED) is 0.269. The van der Waals surface area contributed by atoms with Crippen molar-refractivity contribution in [2.75, 3.05) is 20.8 Å². The first-order chi connectivity index (χ1) is 8.72. The van der Waals surface area contributed by atoms with E-state index >= 15 is 0 Å². The average molecular weight is 245 g/mol. The number of rotatable bonds is 3. The molecule has 0 N–H and O–H groups in total. The van der Waals surface area contributed by atoms with Crippen LogP contribution in [-0.4, -0.2) is 26.7 Å². The van der Waals surface area contributed by atoms with E-state index in [0.717, 1.165) is 0 Å². The molecule has 0 aliphatic heterocycles. The van der Waals surface area contributed by atoms with Gasteiger partial charge in [0.25, 0.3) is 0 Å². The molecule has 1 rings (SSSR count). The van der Waals surface area contributed by atoms with Crippen molar-refractivity contribution in [3.8, 4) is 17.6 Å². The fourth-order valence-corrected chi connectivity index (χ4v) is 1.26. The average Bonchev–Trinajstić information content (AvgIpc) is 2.42. The van der Waals surface area contributed by atoms with Gasteiger partial charge in [-0.2, -0.15) is 0 Å². The summed E-state index contributed by atoms with van der Waals surface area (Å²) in [6.45, 7) is 0.0948. The fourth-order valence-electron chi connectivity index (χ4n) is 1.26. The molecule has 0 aromatic heterocycles. The van der Waals surface area contributed by atoms with E-state index in [1.807, 2.05) is 0 Å². The van der Waals surface area contributed by atoms with Gasteiger partial charge in [0.2, 0.25) is 0 Å². The Labute approximate surface area is 104 Å². The van der Waals surface area contributed by atoms with Crippen LogP contribution in [0.3, 0.4) is 0 Å². The lowest BCUT2D eigenvalue weighted by molar-refractivity contribution is 0.0597. The molecule has 0 unspecified atom stereocenters. The van der Waals surface area contributed by atoms with Crippen LogP contribution in [0, 0.1) is 11.8 Å². The Balaban J connectivity index is 3.00. The van der Waals surface area contributed by atoms with Gasteiger partial charge < -0.3 is 9.47 Å². The second kappa shape index (κ2) is 6.84. The van der Waals surface area contributed by atoms with Crippen LogP contribution in [0.15, 0.2) is 23.3 Å². The summed E-state index contributed by atoms with van der Waals surface area (Å²) in [5.74, 6) is 5.38. The number of hydrogen-bond acceptors (Lipinski definition) is 4. The molecule has 0 saturated heterocycles. The molecule has 0 bridgehead atoms. The normalized spacial score (nSPS) is 8.56. The molecule has 0 atom stereocenters. The van der Waals surface area contributed by atoms with Gasteiger partial charge in [-0.15, -0.1) is 0 Å². The number of azide groups is 1. The number of methoxy groups -OCH3 is 2. The molecule has 0 radical (unpaired) electrons. The number of nitrogens with zero attached hydrogens (tertiary/aromatic N) is 3. The van der Waals surface area contributed by atoms with Crippen molar-refractivity contribution in [3.05, 3.63) is 39.8 Å². The zero-order valence-corrected chi connectivity index (χ0v) is 10.0. The summed E-state index contributed by atoms with van der Waals surface area (Å²) in [6, 6.07) is 4.86. The van der Waals surface area contributed by atoms with Crippen LogP contribution < -0.4 is 4.74 Å². The first-order valence-corrected chi connectivity index (χ1v) is 4.99. The van der Waals surface area contributed by atoms with E-state index in [-0.39, 0.29) is 6.54 Å². The first-order valence-electron chi connectivity index (χ1n) is 4.99. The SMILES string of the molecule is COC(=O)c1ccc(C#CCN=[N+]=[N-])cc1OC. The Hall–Kier alpha value is -2.64. The van der Waals surface area contributed by atoms with Gasteiger partial charge in [0, 0.05) is 10.5 Å². The van der Waals surface area contributed by atoms with Crippen LogP contribution in [0.25, 0.3) is 10.4 Å². The molecule has 1 aromatic rings. The lowest BCUT2D eigenvalue weighted by atomic mass is 10.1. The highest BCUT2D eigenvalue weighted by Gasteiger charge is 2.12. The minimum Gasteiger partial charge on any atom is -0.496 e. The molecule has 6 heteroatoms. The lowest BCUT2D eigenvalue weighted by Crippen LogP contribution is -2.04. The van der Waals surface area contributed by atoms with Gasteiger partial charge in [0.1, 0.15) is 11.3 Å². The number of carbonyl (C=O) groups excluding carboxylic acids is 1. The molecule has 92 valence electrons. The highest BCUT2D eigenvalue weighted by molar-refractivity contribution is 5.92. The van der Waals surface area contributed by atoms with E-state index < -0.39 is 5.97 Å². The minimum atomic E-state index is -0.472. The molecular formula is C12H11N3O3. The summed E-state index contributed by atoms with van der Waals surface area (Å²) in [5.41, 5.74) is 9.08. The van der Waals surface area contributed by atoms with E-state index in [2.05, 4.69) is 26.6 Å². The molecule has 0 fully saturated rings. The highest BCUT2D eigenvalue weighted by atomic mass is 16.5. The second-order valence-corrected chi connectivity index (χ2v) is 3.10. The third-order valence-electron chi connectivity index (χ3n) is 2.05. The van der Waals surface area contributed by atoms with E-state index in [9.17, 15) is 4.79 Å². The number of carbonyl (C=O) groups is 1. The van der Waals surface area contributed by atoms with Gasteiger partial charge in [-0.3, -0.25) is 0 Å². The molecule has 18 heavy (non-hydrogen) atoms. The Kier molecular flexibility index (Phi) is 5.10. The number of hydrogen-bond donors (Lipinski definition) is 0. The third kappa shape index (κ3) is 3.44. The Morgan fingerprint density at radius 1 is 1.50 bits per heavy atom. The third-order valence-corrected chi connectivity index (χ3v) is 2.05. The maximum absolute atomic E-state index is 11.4. The van der Waals surface area contributed by atoms with E-state index in [4.69, 9.17) is 10.3 Å². The molecule has 0 spiro atoms. The molecule has 0 heterocycles. The zero-order chi connectivity index (χ0) is 13.4. The van der Waals surface area contributed by atoms with Crippen molar-refractivity contribution in [2.24, 2.45) is 5.11 Å². The summed E-state index contributed by atoms with van der Waals surface area (Å²) in [5, 5.41) is 3.29. The molecule has 0 aliphatic carbocycles. The van der Waals surface area contributed by atoms with Gasteiger partial charge in [0.05, 0.1) is 20.8 Å². The lowest BCUT2D eigenvalue weighted by Gasteiger charge is -2.06. The van der Waals surface area contributed by atoms with Crippen LogP contribution >= 0.6 is 0 Å². The van der Waals surface area contributed by atoms with Gasteiger partial charge in [-0.25, -0.2) is 4.79 Å². The second-order valence-electron chi connectivity index (χ2n) is 3.10. The smallest absolute Gasteiger partial charge is 0.341 e. The van der Waals surface area contributed by atoms with Crippen LogP contribution in [0.2, 0.25) is 0 Å². The Bertz CT molecular complexity index is 551. The number of ether oxygens (including phenoxy) is 2. The summed E-state index contributed by atoms with van der Waals surface area (Å²) in [6.07, 6.45) is 0. The van der Waals surface area contributed by atoms with Crippen molar-refractivity contribution in [1.29, 1.82) is 0 Å². The fraction of sp³-hybridized carbons (Fsp3) is 0.250. The summed E-state index contributed by atoms with van der Waals surface area (Å²) in [7, 11) is 2.76. The topological polar surface area (TPSA) is 84.3 Å². The van der Waals surface area contributed by atoms with Crippen molar-refractivity contribution in [3.63, 3.8) is 0 Å². The zero-order valence-electron chi connectivity index (χ0n) is 10.0. The van der Waals surface area contributed by atoms with Crippen LogP contribution in [0.4, 0.5) is 0 Å². The maximum atomic E-state index is 11.4. The first kappa shape index (κ1) is 13.4. The Morgan fingerprint density at radius 2 is 2.28 bits per heavy atom. The van der Waals surface area contributed by atoms with Crippen molar-refractivity contribution < 1.29 is 14.3 Å². The summed E-state index contributed by atoms with van der Waals surface area (Å²) < 4.78 is 9.71. The van der Waals surface area contributed by atoms with Crippen molar-refractivity contribution in [1.82, 2.24) is 0 Å². The van der Waals surface area contributed by atoms with E-state index in [1.165, 1.54) is 14.2 Å². The number of benzene rings is 1. The molecule has 0 amide bonds. The summed E-state index contributed by atoms with van der Waals surface area (Å²) in [4.78, 5) is 14.0. The molecule has 0 aliphatic rings. The van der Waals surface area contributed by atoms with Gasteiger partial charge in [-0.05, 0) is 23.7 Å². The molecule has 1 aromatic carbocycles. The van der Waals surface area contributed by atoms with Gasteiger partial charge in [-0.1, -0.05) is 17.0 Å². The van der Waals surface area contributed by atoms with Gasteiger partial charge in [0.15, 0.2) is 0 Å². The van der Waals surface area contributed by atoms with Crippen LogP contribution in [0.1, 0.15) is 15.9 Å². The van der Waals surface area contributed by atoms with Crippen LogP contribution in [-0.2, 0) is 4.74 Å². The largest absolute Gasteiger partial charge is 0.496 e. The standard InChI is InChI=1S/C12H11N3O3/c1-17-11-8-9(4-3-7-14-15-13)5-6-10(11)12(16)18-2/h5-6,8H,7H2,1-2H3. The monoisotopic (exact) mass is 245 g/mol. The maximum Gasteiger partial charge on any atom is 0.341 e. The predicted octanol–water partition coefficient (Wildman–Crippen LogP) is 2.14.